The molecular formula is C20H20N6OS. The van der Waals surface area contributed by atoms with Crippen molar-refractivity contribution >= 4 is 45.3 Å². The number of aromatic nitrogens is 3. The van der Waals surface area contributed by atoms with Crippen LogP contribution in [0.4, 0.5) is 11.6 Å². The van der Waals surface area contributed by atoms with E-state index in [0.29, 0.717) is 6.54 Å². The molecule has 0 radical (unpaired) electrons. The van der Waals surface area contributed by atoms with E-state index in [-0.39, 0.29) is 11.8 Å². The number of carbonyl (C=O) groups excluding carboxylic acids is 1. The predicted molar refractivity (Wildman–Crippen MR) is 110 cm³/mol. The Hall–Kier alpha value is -2.87. The summed E-state index contributed by atoms with van der Waals surface area (Å²) in [6.07, 6.45) is 7.84. The molecular weight excluding hydrogens is 372 g/mol. The zero-order chi connectivity index (χ0) is 19.3. The van der Waals surface area contributed by atoms with Gasteiger partial charge in [-0.1, -0.05) is 0 Å². The van der Waals surface area contributed by atoms with Gasteiger partial charge in [-0.05, 0) is 30.9 Å². The van der Waals surface area contributed by atoms with Gasteiger partial charge in [0.2, 0.25) is 5.91 Å². The number of thiophene rings is 1. The molecule has 142 valence electrons. The van der Waals surface area contributed by atoms with Gasteiger partial charge in [0.1, 0.15) is 22.8 Å². The Balaban J connectivity index is 1.50. The number of rotatable bonds is 3. The molecule has 28 heavy (non-hydrogen) atoms. The van der Waals surface area contributed by atoms with Gasteiger partial charge in [-0.25, -0.2) is 15.0 Å². The molecule has 1 N–H and O–H groups in total. The Morgan fingerprint density at radius 3 is 3.04 bits per heavy atom. The average molecular weight is 392 g/mol. The quantitative estimate of drug-likeness (QED) is 0.741. The van der Waals surface area contributed by atoms with Gasteiger partial charge < -0.3 is 10.2 Å². The highest BCUT2D eigenvalue weighted by Gasteiger charge is 2.29. The van der Waals surface area contributed by atoms with Gasteiger partial charge in [0.25, 0.3) is 0 Å². The predicted octanol–water partition coefficient (Wildman–Crippen LogP) is 2.96. The van der Waals surface area contributed by atoms with Gasteiger partial charge in [0.05, 0.1) is 11.9 Å². The van der Waals surface area contributed by atoms with Crippen LogP contribution in [0, 0.1) is 5.92 Å². The van der Waals surface area contributed by atoms with E-state index in [9.17, 15) is 4.79 Å². The highest BCUT2D eigenvalue weighted by Crippen LogP contribution is 2.40. The number of amides is 1. The van der Waals surface area contributed by atoms with E-state index in [4.69, 9.17) is 0 Å². The summed E-state index contributed by atoms with van der Waals surface area (Å²) in [5.41, 5.74) is 3.51. The molecule has 2 aliphatic rings. The Bertz CT molecular complexity index is 1120. The van der Waals surface area contributed by atoms with Crippen molar-refractivity contribution < 1.29 is 4.79 Å². The first-order valence-electron chi connectivity index (χ1n) is 9.32. The van der Waals surface area contributed by atoms with Gasteiger partial charge in [-0.3, -0.25) is 9.79 Å². The van der Waals surface area contributed by atoms with E-state index < -0.39 is 0 Å². The number of hydrogen-bond acceptors (Lipinski definition) is 7. The molecule has 1 aliphatic carbocycles. The first-order chi connectivity index (χ1) is 13.6. The third-order valence-corrected chi connectivity index (χ3v) is 6.56. The minimum Gasteiger partial charge on any atom is -0.349 e. The summed E-state index contributed by atoms with van der Waals surface area (Å²) in [6, 6.07) is 2.00. The van der Waals surface area contributed by atoms with Crippen LogP contribution in [0.15, 0.2) is 23.6 Å². The van der Waals surface area contributed by atoms with Crippen LogP contribution in [0.3, 0.4) is 0 Å². The maximum absolute atomic E-state index is 12.4. The zero-order valence-electron chi connectivity index (χ0n) is 15.8. The summed E-state index contributed by atoms with van der Waals surface area (Å²) in [7, 11) is 3.65. The van der Waals surface area contributed by atoms with Crippen LogP contribution >= 0.6 is 11.3 Å². The first kappa shape index (κ1) is 17.2. The van der Waals surface area contributed by atoms with Gasteiger partial charge in [0, 0.05) is 48.4 Å². The van der Waals surface area contributed by atoms with Crippen molar-refractivity contribution in [3.8, 4) is 0 Å². The number of anilines is 2. The molecule has 1 amide bonds. The number of nitrogens with one attached hydrogen (secondary N) is 1. The second kappa shape index (κ2) is 6.63. The third kappa shape index (κ3) is 2.84. The van der Waals surface area contributed by atoms with Crippen LogP contribution in [0.1, 0.15) is 28.0 Å². The monoisotopic (exact) mass is 392 g/mol. The van der Waals surface area contributed by atoms with Crippen LogP contribution in [0.25, 0.3) is 10.2 Å². The number of pyridine rings is 1. The fraction of sp³-hybridized carbons (Fsp3) is 0.350. The second-order valence-corrected chi connectivity index (χ2v) is 8.53. The first-order valence-corrected chi connectivity index (χ1v) is 10.1. The Morgan fingerprint density at radius 2 is 2.18 bits per heavy atom. The van der Waals surface area contributed by atoms with Gasteiger partial charge >= 0.3 is 0 Å². The van der Waals surface area contributed by atoms with Crippen molar-refractivity contribution in [2.75, 3.05) is 19.4 Å². The van der Waals surface area contributed by atoms with Crippen LogP contribution in [-0.2, 0) is 24.2 Å². The maximum atomic E-state index is 12.4. The van der Waals surface area contributed by atoms with Crippen LogP contribution < -0.4 is 5.32 Å². The summed E-state index contributed by atoms with van der Waals surface area (Å²) in [6.45, 7) is 0.700. The topological polar surface area (TPSA) is 83.4 Å². The van der Waals surface area contributed by atoms with Crippen molar-refractivity contribution in [2.24, 2.45) is 10.9 Å². The lowest BCUT2D eigenvalue weighted by molar-refractivity contribution is -0.133. The standard InChI is InChI=1S/C20H20N6OS/c1-26(2)20(27)11-3-4-14-15(5-11)28-19-17(14)18(23-10-24-19)25-16-6-12-7-21-8-13(12)9-22-16/h6-7,9-11H,3-5,8H2,1-2H3,(H,22,23,24,25). The fourth-order valence-corrected chi connectivity index (χ4v) is 5.23. The van der Waals surface area contributed by atoms with Crippen molar-refractivity contribution in [1.29, 1.82) is 0 Å². The molecule has 3 aromatic rings. The molecule has 8 heteroatoms. The Morgan fingerprint density at radius 1 is 1.29 bits per heavy atom. The molecule has 0 spiro atoms. The molecule has 0 aromatic carbocycles. The summed E-state index contributed by atoms with van der Waals surface area (Å²) >= 11 is 1.67. The number of nitrogens with zero attached hydrogens (tertiary/aromatic N) is 5. The van der Waals surface area contributed by atoms with E-state index in [2.05, 4.69) is 25.3 Å². The van der Waals surface area contributed by atoms with Crippen molar-refractivity contribution in [3.63, 3.8) is 0 Å². The minimum absolute atomic E-state index is 0.0533. The molecule has 0 bridgehead atoms. The lowest BCUT2D eigenvalue weighted by atomic mass is 9.87. The van der Waals surface area contributed by atoms with E-state index >= 15 is 0 Å². The highest BCUT2D eigenvalue weighted by molar-refractivity contribution is 7.19. The molecule has 1 atom stereocenters. The van der Waals surface area contributed by atoms with Crippen LogP contribution in [-0.4, -0.2) is 46.1 Å². The van der Waals surface area contributed by atoms with E-state index in [0.717, 1.165) is 52.2 Å². The molecule has 4 heterocycles. The number of carbonyl (C=O) groups is 1. The molecule has 0 fully saturated rings. The highest BCUT2D eigenvalue weighted by atomic mass is 32.1. The maximum Gasteiger partial charge on any atom is 0.225 e. The SMILES string of the molecule is CN(C)C(=O)C1CCc2c(sc3ncnc(Nc4cc5c(cn4)CN=C5)c23)C1. The van der Waals surface area contributed by atoms with E-state index in [1.54, 1.807) is 22.6 Å². The second-order valence-electron chi connectivity index (χ2n) is 7.44. The van der Waals surface area contributed by atoms with Crippen molar-refractivity contribution in [3.05, 3.63) is 40.2 Å². The van der Waals surface area contributed by atoms with E-state index in [1.807, 2.05) is 32.6 Å². The van der Waals surface area contributed by atoms with Crippen LogP contribution in [0.2, 0.25) is 0 Å². The largest absolute Gasteiger partial charge is 0.349 e. The normalized spacial score (nSPS) is 17.4. The summed E-state index contributed by atoms with van der Waals surface area (Å²) in [5.74, 6) is 1.79. The Kier molecular flexibility index (Phi) is 4.08. The molecule has 3 aromatic heterocycles. The fourth-order valence-electron chi connectivity index (χ4n) is 3.96. The zero-order valence-corrected chi connectivity index (χ0v) is 16.6. The molecule has 7 nitrogen and oxygen atoms in total. The van der Waals surface area contributed by atoms with Crippen molar-refractivity contribution in [1.82, 2.24) is 19.9 Å². The van der Waals surface area contributed by atoms with Crippen LogP contribution in [0.5, 0.6) is 0 Å². The summed E-state index contributed by atoms with van der Waals surface area (Å²) in [5, 5.41) is 4.44. The van der Waals surface area contributed by atoms with Crippen molar-refractivity contribution in [2.45, 2.75) is 25.8 Å². The lowest BCUT2D eigenvalue weighted by Crippen LogP contribution is -2.32. The number of hydrogen-bond donors (Lipinski definition) is 1. The molecule has 5 rings (SSSR count). The van der Waals surface area contributed by atoms with Gasteiger partial charge in [0.15, 0.2) is 0 Å². The molecule has 0 saturated heterocycles. The summed E-state index contributed by atoms with van der Waals surface area (Å²) < 4.78 is 0. The Labute approximate surface area is 166 Å². The minimum atomic E-state index is 0.0533. The average Bonchev–Trinajstić information content (AvgIpc) is 3.30. The molecule has 1 unspecified atom stereocenters. The van der Waals surface area contributed by atoms with Gasteiger partial charge in [-0.2, -0.15) is 0 Å². The number of aliphatic imine (C=N–C) groups is 1. The number of fused-ring (bicyclic) bond motifs is 4. The molecule has 1 aliphatic heterocycles. The lowest BCUT2D eigenvalue weighted by Gasteiger charge is -2.24. The smallest absolute Gasteiger partial charge is 0.225 e. The summed E-state index contributed by atoms with van der Waals surface area (Å²) in [4.78, 5) is 34.1. The molecule has 0 saturated carbocycles. The van der Waals surface area contributed by atoms with Gasteiger partial charge in [-0.15, -0.1) is 11.3 Å². The number of aryl methyl sites for hydroxylation is 1. The third-order valence-electron chi connectivity index (χ3n) is 5.40. The van der Waals surface area contributed by atoms with E-state index in [1.165, 1.54) is 10.4 Å².